The maximum Gasteiger partial charge on any atom is 0.266 e. The number of nitrogen functional groups attached to an aromatic ring is 1. The molecule has 2 rings (SSSR count). The van der Waals surface area contributed by atoms with E-state index in [1.807, 2.05) is 30.0 Å². The molecule has 108 valence electrons. The molecule has 0 radical (unpaired) electrons. The van der Waals surface area contributed by atoms with Crippen molar-refractivity contribution in [3.8, 4) is 0 Å². The van der Waals surface area contributed by atoms with Gasteiger partial charge in [-0.05, 0) is 32.4 Å². The summed E-state index contributed by atoms with van der Waals surface area (Å²) in [4.78, 5) is 15.2. The van der Waals surface area contributed by atoms with Crippen LogP contribution in [0.4, 0.5) is 5.69 Å². The quantitative estimate of drug-likeness (QED) is 0.877. The van der Waals surface area contributed by atoms with Crippen molar-refractivity contribution in [3.05, 3.63) is 27.5 Å². The van der Waals surface area contributed by atoms with Crippen LogP contribution in [0.15, 0.2) is 22.7 Å². The number of nitrogens with two attached hydrogens (primary N) is 1. The fourth-order valence-electron chi connectivity index (χ4n) is 2.26. The molecule has 1 unspecified atom stereocenters. The van der Waals surface area contributed by atoms with Crippen LogP contribution in [0.25, 0.3) is 10.1 Å². The number of carbonyl (C=O) groups excluding carboxylic acids is 1. The van der Waals surface area contributed by atoms with Gasteiger partial charge in [0.1, 0.15) is 4.88 Å². The van der Waals surface area contributed by atoms with Crippen LogP contribution in [-0.4, -0.2) is 23.4 Å². The molecule has 0 spiro atoms. The molecule has 3 nitrogen and oxygen atoms in total. The average molecular weight is 355 g/mol. The molecule has 0 aliphatic rings. The molecule has 1 atom stereocenters. The van der Waals surface area contributed by atoms with Crippen molar-refractivity contribution in [2.75, 3.05) is 12.3 Å². The zero-order chi connectivity index (χ0) is 14.9. The van der Waals surface area contributed by atoms with Gasteiger partial charge < -0.3 is 10.6 Å². The summed E-state index contributed by atoms with van der Waals surface area (Å²) in [6.07, 6.45) is 0.940. The van der Waals surface area contributed by atoms with E-state index in [1.54, 1.807) is 0 Å². The number of rotatable bonds is 4. The highest BCUT2D eigenvalue weighted by Crippen LogP contribution is 2.36. The Kier molecular flexibility index (Phi) is 4.70. The number of nitrogens with zero attached hydrogens (tertiary/aromatic N) is 1. The van der Waals surface area contributed by atoms with Crippen molar-refractivity contribution in [1.29, 1.82) is 0 Å². The van der Waals surface area contributed by atoms with Gasteiger partial charge in [-0.15, -0.1) is 11.3 Å². The number of hydrogen-bond acceptors (Lipinski definition) is 3. The largest absolute Gasteiger partial charge is 0.397 e. The number of benzene rings is 1. The molecular formula is C15H19BrN2OS. The highest BCUT2D eigenvalue weighted by atomic mass is 79.9. The molecule has 1 heterocycles. The number of amides is 1. The van der Waals surface area contributed by atoms with Crippen LogP contribution in [0, 0.1) is 0 Å². The summed E-state index contributed by atoms with van der Waals surface area (Å²) < 4.78 is 2.04. The Hall–Kier alpha value is -1.07. The Morgan fingerprint density at radius 3 is 2.75 bits per heavy atom. The van der Waals surface area contributed by atoms with E-state index in [1.165, 1.54) is 11.3 Å². The van der Waals surface area contributed by atoms with Gasteiger partial charge in [-0.25, -0.2) is 0 Å². The third kappa shape index (κ3) is 2.69. The number of fused-ring (bicyclic) bond motifs is 1. The molecule has 0 aliphatic carbocycles. The Morgan fingerprint density at radius 2 is 2.15 bits per heavy atom. The van der Waals surface area contributed by atoms with E-state index in [-0.39, 0.29) is 11.9 Å². The Bertz CT molecular complexity index is 638. The van der Waals surface area contributed by atoms with Gasteiger partial charge in [-0.1, -0.05) is 28.9 Å². The summed E-state index contributed by atoms with van der Waals surface area (Å²) in [5.41, 5.74) is 6.77. The number of anilines is 1. The van der Waals surface area contributed by atoms with Crippen LogP contribution >= 0.6 is 27.3 Å². The fourth-order valence-corrected chi connectivity index (χ4v) is 3.89. The van der Waals surface area contributed by atoms with Crippen LogP contribution in [0.5, 0.6) is 0 Å². The lowest BCUT2D eigenvalue weighted by atomic mass is 10.2. The number of thiophene rings is 1. The summed E-state index contributed by atoms with van der Waals surface area (Å²) in [6.45, 7) is 6.86. The van der Waals surface area contributed by atoms with Crippen molar-refractivity contribution >= 4 is 48.9 Å². The van der Waals surface area contributed by atoms with E-state index in [2.05, 4.69) is 29.8 Å². The minimum atomic E-state index is 0.0386. The predicted octanol–water partition coefficient (Wildman–Crippen LogP) is 4.51. The summed E-state index contributed by atoms with van der Waals surface area (Å²) in [7, 11) is 0. The summed E-state index contributed by atoms with van der Waals surface area (Å²) >= 11 is 4.92. The third-order valence-corrected chi connectivity index (χ3v) is 5.26. The van der Waals surface area contributed by atoms with Gasteiger partial charge >= 0.3 is 0 Å². The van der Waals surface area contributed by atoms with Gasteiger partial charge in [0.05, 0.1) is 5.69 Å². The van der Waals surface area contributed by atoms with Gasteiger partial charge in [-0.2, -0.15) is 0 Å². The molecule has 0 fully saturated rings. The van der Waals surface area contributed by atoms with Crippen LogP contribution in [0.3, 0.4) is 0 Å². The van der Waals surface area contributed by atoms with E-state index in [0.29, 0.717) is 17.1 Å². The van der Waals surface area contributed by atoms with Gasteiger partial charge in [-0.3, -0.25) is 4.79 Å². The number of carbonyl (C=O) groups is 1. The summed E-state index contributed by atoms with van der Waals surface area (Å²) in [5, 5.41) is 0.960. The first-order valence-corrected chi connectivity index (χ1v) is 8.39. The van der Waals surface area contributed by atoms with Gasteiger partial charge in [0.25, 0.3) is 5.91 Å². The number of hydrogen-bond donors (Lipinski definition) is 1. The monoisotopic (exact) mass is 354 g/mol. The van der Waals surface area contributed by atoms with E-state index < -0.39 is 0 Å². The SMILES string of the molecule is CCC(C)N(CC)C(=O)c1sc2cc(Br)ccc2c1N. The van der Waals surface area contributed by atoms with E-state index in [9.17, 15) is 4.79 Å². The van der Waals surface area contributed by atoms with Gasteiger partial charge in [0.15, 0.2) is 0 Å². The van der Waals surface area contributed by atoms with Gasteiger partial charge in [0, 0.05) is 27.1 Å². The van der Waals surface area contributed by atoms with Crippen molar-refractivity contribution in [1.82, 2.24) is 4.90 Å². The first-order valence-electron chi connectivity index (χ1n) is 6.78. The van der Waals surface area contributed by atoms with E-state index >= 15 is 0 Å². The number of halogens is 1. The molecule has 1 aromatic carbocycles. The van der Waals surface area contributed by atoms with Crippen molar-refractivity contribution < 1.29 is 4.79 Å². The van der Waals surface area contributed by atoms with Crippen molar-refractivity contribution in [3.63, 3.8) is 0 Å². The molecule has 0 aliphatic heterocycles. The van der Waals surface area contributed by atoms with E-state index in [4.69, 9.17) is 5.73 Å². The Morgan fingerprint density at radius 1 is 1.45 bits per heavy atom. The lowest BCUT2D eigenvalue weighted by Gasteiger charge is -2.26. The second kappa shape index (κ2) is 6.14. The zero-order valence-electron chi connectivity index (χ0n) is 11.9. The third-order valence-electron chi connectivity index (χ3n) is 3.61. The molecule has 0 bridgehead atoms. The molecule has 2 N–H and O–H groups in total. The topological polar surface area (TPSA) is 46.3 Å². The van der Waals surface area contributed by atoms with Crippen LogP contribution in [-0.2, 0) is 0 Å². The molecular weight excluding hydrogens is 336 g/mol. The Labute approximate surface area is 131 Å². The van der Waals surface area contributed by atoms with Crippen LogP contribution < -0.4 is 5.73 Å². The average Bonchev–Trinajstić information content (AvgIpc) is 2.75. The Balaban J connectivity index is 2.46. The highest BCUT2D eigenvalue weighted by Gasteiger charge is 2.23. The molecule has 1 aromatic heterocycles. The second-order valence-corrected chi connectivity index (χ2v) is 6.80. The molecule has 0 saturated heterocycles. The smallest absolute Gasteiger partial charge is 0.266 e. The predicted molar refractivity (Wildman–Crippen MR) is 90.4 cm³/mol. The molecule has 0 saturated carbocycles. The summed E-state index contributed by atoms with van der Waals surface area (Å²) in [5.74, 6) is 0.0386. The summed E-state index contributed by atoms with van der Waals surface area (Å²) in [6, 6.07) is 6.14. The van der Waals surface area contributed by atoms with Crippen LogP contribution in [0.2, 0.25) is 0 Å². The fraction of sp³-hybridized carbons (Fsp3) is 0.400. The minimum Gasteiger partial charge on any atom is -0.397 e. The lowest BCUT2D eigenvalue weighted by Crippen LogP contribution is -2.37. The standard InChI is InChI=1S/C15H19BrN2OS/c1-4-9(3)18(5-2)15(19)14-13(17)11-7-6-10(16)8-12(11)20-14/h6-9H,4-5,17H2,1-3H3. The van der Waals surface area contributed by atoms with Crippen LogP contribution in [0.1, 0.15) is 36.9 Å². The van der Waals surface area contributed by atoms with Crippen molar-refractivity contribution in [2.45, 2.75) is 33.2 Å². The van der Waals surface area contributed by atoms with Crippen molar-refractivity contribution in [2.24, 2.45) is 0 Å². The highest BCUT2D eigenvalue weighted by molar-refractivity contribution is 9.10. The molecule has 20 heavy (non-hydrogen) atoms. The second-order valence-electron chi connectivity index (χ2n) is 4.83. The minimum absolute atomic E-state index is 0.0386. The van der Waals surface area contributed by atoms with Gasteiger partial charge in [0.2, 0.25) is 0 Å². The maximum absolute atomic E-state index is 12.7. The zero-order valence-corrected chi connectivity index (χ0v) is 14.3. The molecule has 1 amide bonds. The molecule has 2 aromatic rings. The van der Waals surface area contributed by atoms with E-state index in [0.717, 1.165) is 21.0 Å². The first kappa shape index (κ1) is 15.3. The maximum atomic E-state index is 12.7. The molecule has 5 heteroatoms. The normalized spacial score (nSPS) is 12.6. The first-order chi connectivity index (χ1) is 9.49. The lowest BCUT2D eigenvalue weighted by molar-refractivity contribution is 0.0706.